The monoisotopic (exact) mass is 171 g/mol. The van der Waals surface area contributed by atoms with Crippen molar-refractivity contribution >= 4 is 27.1 Å². The second-order valence-corrected chi connectivity index (χ2v) is 3.01. The molecule has 0 fully saturated rings. The van der Waals surface area contributed by atoms with E-state index in [2.05, 4.69) is 10.1 Å². The van der Waals surface area contributed by atoms with Crippen molar-refractivity contribution in [2.75, 3.05) is 11.5 Å². The maximum atomic E-state index is 10.9. The van der Waals surface area contributed by atoms with Gasteiger partial charge in [0.05, 0.1) is 0 Å². The number of nitrogen functional groups attached to an aromatic ring is 2. The van der Waals surface area contributed by atoms with Gasteiger partial charge in [0.25, 0.3) is 0 Å². The molecule has 0 spiro atoms. The molecule has 0 aliphatic carbocycles. The molecule has 2 rings (SSSR count). The van der Waals surface area contributed by atoms with Gasteiger partial charge in [0.15, 0.2) is 4.83 Å². The van der Waals surface area contributed by atoms with Crippen LogP contribution >= 0.6 is 11.3 Å². The van der Waals surface area contributed by atoms with Crippen LogP contribution in [0.25, 0.3) is 4.83 Å². The lowest BCUT2D eigenvalue weighted by atomic mass is 10.8. The molecule has 11 heavy (non-hydrogen) atoms. The Labute approximate surface area is 64.4 Å². The van der Waals surface area contributed by atoms with Crippen molar-refractivity contribution < 1.29 is 0 Å². The van der Waals surface area contributed by atoms with E-state index in [1.165, 1.54) is 11.3 Å². The van der Waals surface area contributed by atoms with Gasteiger partial charge in [-0.1, -0.05) is 11.3 Å². The van der Waals surface area contributed by atoms with Gasteiger partial charge in [-0.15, -0.1) is 5.10 Å². The highest BCUT2D eigenvalue weighted by Crippen LogP contribution is 2.18. The summed E-state index contributed by atoms with van der Waals surface area (Å²) in [6.45, 7) is 0. The van der Waals surface area contributed by atoms with E-state index in [0.29, 0.717) is 15.8 Å². The molecule has 0 amide bonds. The van der Waals surface area contributed by atoms with E-state index in [4.69, 9.17) is 11.5 Å². The highest BCUT2D eigenvalue weighted by atomic mass is 32.1. The Morgan fingerprint density at radius 1 is 1.55 bits per heavy atom. The lowest BCUT2D eigenvalue weighted by molar-refractivity contribution is 0.912. The number of hydrogen-bond acceptors (Lipinski definition) is 5. The lowest BCUT2D eigenvalue weighted by Gasteiger charge is -1.76. The quantitative estimate of drug-likeness (QED) is 0.485. The first kappa shape index (κ1) is 6.23. The number of aromatic nitrogens is 3. The molecular weight excluding hydrogens is 166 g/mol. The number of anilines is 2. The summed E-state index contributed by atoms with van der Waals surface area (Å²) in [6, 6.07) is 0. The molecule has 0 radical (unpaired) electrons. The number of nitrogens with zero attached hydrogens (tertiary/aromatic N) is 2. The predicted molar refractivity (Wildman–Crippen MR) is 42.5 cm³/mol. The number of H-pyrrole nitrogens is 1. The third kappa shape index (κ3) is 0.709. The fourth-order valence-electron chi connectivity index (χ4n) is 0.835. The van der Waals surface area contributed by atoms with E-state index >= 15 is 0 Å². The molecule has 0 unspecified atom stereocenters. The van der Waals surface area contributed by atoms with E-state index < -0.39 is 0 Å². The van der Waals surface area contributed by atoms with Crippen LogP contribution in [0.2, 0.25) is 0 Å². The summed E-state index contributed by atoms with van der Waals surface area (Å²) in [5, 5.41) is 4.05. The van der Waals surface area contributed by atoms with E-state index in [9.17, 15) is 4.79 Å². The molecule has 0 saturated heterocycles. The first-order valence-corrected chi connectivity index (χ1v) is 3.63. The van der Waals surface area contributed by atoms with Gasteiger partial charge in [0.1, 0.15) is 5.82 Å². The van der Waals surface area contributed by atoms with E-state index in [-0.39, 0.29) is 5.69 Å². The summed E-state index contributed by atoms with van der Waals surface area (Å²) in [4.78, 5) is 13.9. The van der Waals surface area contributed by atoms with Gasteiger partial charge in [0, 0.05) is 0 Å². The van der Waals surface area contributed by atoms with Crippen LogP contribution in [0.3, 0.4) is 0 Å². The first-order chi connectivity index (χ1) is 5.18. The van der Waals surface area contributed by atoms with Gasteiger partial charge in [0.2, 0.25) is 5.13 Å². The fourth-order valence-corrected chi connectivity index (χ4v) is 1.53. The van der Waals surface area contributed by atoms with Crippen LogP contribution in [0.5, 0.6) is 0 Å². The highest BCUT2D eigenvalue weighted by molar-refractivity contribution is 7.21. The summed E-state index contributed by atoms with van der Waals surface area (Å²) in [6.07, 6.45) is 0. The van der Waals surface area contributed by atoms with Crippen LogP contribution in [0.15, 0.2) is 4.79 Å². The molecule has 0 aromatic carbocycles. The Bertz CT molecular complexity index is 450. The van der Waals surface area contributed by atoms with Crippen LogP contribution in [0.4, 0.5) is 10.9 Å². The summed E-state index contributed by atoms with van der Waals surface area (Å²) in [5.41, 5.74) is 10.4. The Balaban J connectivity index is 3.03. The second-order valence-electron chi connectivity index (χ2n) is 2.00. The minimum Gasteiger partial charge on any atom is -0.383 e. The van der Waals surface area contributed by atoms with Crippen LogP contribution in [-0.2, 0) is 0 Å². The maximum Gasteiger partial charge on any atom is 0.349 e. The second kappa shape index (κ2) is 1.76. The smallest absolute Gasteiger partial charge is 0.349 e. The third-order valence-electron chi connectivity index (χ3n) is 1.26. The van der Waals surface area contributed by atoms with Gasteiger partial charge >= 0.3 is 5.69 Å². The molecule has 5 N–H and O–H groups in total. The van der Waals surface area contributed by atoms with Gasteiger partial charge in [-0.05, 0) is 0 Å². The molecule has 2 aromatic rings. The van der Waals surface area contributed by atoms with Crippen LogP contribution < -0.4 is 17.2 Å². The van der Waals surface area contributed by atoms with Crippen molar-refractivity contribution in [2.45, 2.75) is 0 Å². The summed E-state index contributed by atoms with van der Waals surface area (Å²) < 4.78 is 1.15. The first-order valence-electron chi connectivity index (χ1n) is 2.81. The normalized spacial score (nSPS) is 10.9. The van der Waals surface area contributed by atoms with Gasteiger partial charge in [-0.2, -0.15) is 4.52 Å². The van der Waals surface area contributed by atoms with Crippen molar-refractivity contribution in [3.63, 3.8) is 0 Å². The largest absolute Gasteiger partial charge is 0.383 e. The summed E-state index contributed by atoms with van der Waals surface area (Å²) in [5.74, 6) is 0.309. The molecule has 7 heteroatoms. The van der Waals surface area contributed by atoms with Crippen molar-refractivity contribution in [3.05, 3.63) is 10.5 Å². The predicted octanol–water partition coefficient (Wildman–Crippen LogP) is -0.752. The maximum absolute atomic E-state index is 10.9. The zero-order valence-electron chi connectivity index (χ0n) is 5.37. The molecule has 0 bridgehead atoms. The standard InChI is InChI=1S/C4H5N5OS/c5-1-2-9(4(10)7-1)8-3(6)11-2/h5H2,(H2,6,8)(H,7,10). The number of aromatic amines is 1. The third-order valence-corrected chi connectivity index (χ3v) is 2.13. The zero-order valence-corrected chi connectivity index (χ0v) is 6.18. The van der Waals surface area contributed by atoms with Crippen molar-refractivity contribution in [3.8, 4) is 0 Å². The molecular formula is C4H5N5OS. The van der Waals surface area contributed by atoms with Gasteiger partial charge in [-0.3, -0.25) is 4.98 Å². The van der Waals surface area contributed by atoms with Crippen molar-refractivity contribution in [2.24, 2.45) is 0 Å². The molecule has 0 saturated carbocycles. The van der Waals surface area contributed by atoms with E-state index in [1.54, 1.807) is 0 Å². The minimum absolute atomic E-state index is 0.309. The van der Waals surface area contributed by atoms with Gasteiger partial charge in [-0.25, -0.2) is 4.79 Å². The van der Waals surface area contributed by atoms with Crippen molar-refractivity contribution in [1.82, 2.24) is 14.6 Å². The van der Waals surface area contributed by atoms with E-state index in [1.807, 2.05) is 0 Å². The minimum atomic E-state index is -0.356. The van der Waals surface area contributed by atoms with E-state index in [0.717, 1.165) is 4.52 Å². The Kier molecular flexibility index (Phi) is 0.994. The number of imidazole rings is 1. The highest BCUT2D eigenvalue weighted by Gasteiger charge is 2.07. The Morgan fingerprint density at radius 2 is 2.27 bits per heavy atom. The lowest BCUT2D eigenvalue weighted by Crippen LogP contribution is -2.10. The number of nitrogens with two attached hydrogens (primary N) is 2. The average Bonchev–Trinajstić information content (AvgIpc) is 2.38. The Morgan fingerprint density at radius 3 is 2.91 bits per heavy atom. The molecule has 6 nitrogen and oxygen atoms in total. The number of nitrogens with one attached hydrogen (secondary N) is 1. The number of rotatable bonds is 0. The SMILES string of the molecule is Nc1nn2c(=O)[nH]c(N)c2s1. The average molecular weight is 171 g/mol. The van der Waals surface area contributed by atoms with Crippen LogP contribution in [-0.4, -0.2) is 14.6 Å². The molecule has 0 aliphatic rings. The van der Waals surface area contributed by atoms with Crippen molar-refractivity contribution in [1.29, 1.82) is 0 Å². The zero-order chi connectivity index (χ0) is 8.01. The molecule has 2 aromatic heterocycles. The number of fused-ring (bicyclic) bond motifs is 1. The molecule has 0 aliphatic heterocycles. The van der Waals surface area contributed by atoms with Crippen LogP contribution in [0, 0.1) is 0 Å². The molecule has 58 valence electrons. The summed E-state index contributed by atoms with van der Waals surface area (Å²) >= 11 is 1.17. The summed E-state index contributed by atoms with van der Waals surface area (Å²) in [7, 11) is 0. The number of hydrogen-bond donors (Lipinski definition) is 3. The molecule has 0 atom stereocenters. The fraction of sp³-hybridized carbons (Fsp3) is 0. The Hall–Kier alpha value is -1.50. The van der Waals surface area contributed by atoms with Gasteiger partial charge < -0.3 is 11.5 Å². The molecule has 2 heterocycles. The topological polar surface area (TPSA) is 102 Å². The van der Waals surface area contributed by atoms with Crippen LogP contribution in [0.1, 0.15) is 0 Å².